The number of H-pyrrole nitrogens is 1. The maximum absolute atomic E-state index is 13.0. The van der Waals surface area contributed by atoms with E-state index in [0.717, 1.165) is 38.8 Å². The number of likely N-dealkylation sites (N-methyl/N-ethyl adjacent to an activating group) is 1. The number of hydrogen-bond donors (Lipinski definition) is 2. The minimum absolute atomic E-state index is 0.159. The van der Waals surface area contributed by atoms with E-state index in [1.165, 1.54) is 0 Å². The molecule has 0 aromatic carbocycles. The molecule has 0 aliphatic heterocycles. The number of nitrogens with one attached hydrogen (secondary N) is 2. The Morgan fingerprint density at radius 3 is 2.90 bits per heavy atom. The lowest BCUT2D eigenvalue weighted by atomic mass is 9.90. The van der Waals surface area contributed by atoms with Crippen LogP contribution >= 0.6 is 0 Å². The third-order valence-corrected chi connectivity index (χ3v) is 5.65. The minimum atomic E-state index is -0.169. The summed E-state index contributed by atoms with van der Waals surface area (Å²) in [5.41, 5.74) is 1.72. The van der Waals surface area contributed by atoms with Crippen LogP contribution in [0.5, 0.6) is 0 Å². The van der Waals surface area contributed by atoms with E-state index in [-0.39, 0.29) is 11.9 Å². The Labute approximate surface area is 169 Å². The van der Waals surface area contributed by atoms with Crippen molar-refractivity contribution in [2.75, 3.05) is 27.3 Å². The van der Waals surface area contributed by atoms with Gasteiger partial charge in [0.2, 0.25) is 5.95 Å². The number of amides is 1. The van der Waals surface area contributed by atoms with Crippen molar-refractivity contribution in [3.8, 4) is 5.95 Å². The van der Waals surface area contributed by atoms with Crippen molar-refractivity contribution in [2.45, 2.75) is 37.8 Å². The number of aromatic nitrogens is 5. The quantitative estimate of drug-likeness (QED) is 0.630. The Kier molecular flexibility index (Phi) is 5.86. The highest BCUT2D eigenvalue weighted by atomic mass is 16.5. The van der Waals surface area contributed by atoms with E-state index in [1.54, 1.807) is 36.6 Å². The molecule has 3 heterocycles. The molecule has 0 unspecified atom stereocenters. The lowest BCUT2D eigenvalue weighted by molar-refractivity contribution is 0.0893. The van der Waals surface area contributed by atoms with Crippen molar-refractivity contribution in [3.63, 3.8) is 0 Å². The molecule has 9 nitrogen and oxygen atoms in total. The van der Waals surface area contributed by atoms with Crippen LogP contribution in [-0.2, 0) is 4.74 Å². The van der Waals surface area contributed by atoms with Gasteiger partial charge in [-0.25, -0.2) is 15.0 Å². The van der Waals surface area contributed by atoms with Crippen LogP contribution in [-0.4, -0.2) is 74.7 Å². The van der Waals surface area contributed by atoms with Gasteiger partial charge in [0.1, 0.15) is 6.33 Å². The number of nitrogens with zero attached hydrogens (tertiary/aromatic N) is 5. The maximum atomic E-state index is 13.0. The largest absolute Gasteiger partial charge is 0.383 e. The highest BCUT2D eigenvalue weighted by Gasteiger charge is 2.26. The number of carbonyl (C=O) groups is 1. The van der Waals surface area contributed by atoms with Gasteiger partial charge in [0.15, 0.2) is 5.69 Å². The average molecular weight is 397 g/mol. The standard InChI is InChI=1S/C20H27N7O2/c1-26(11-12-29-2)15-5-3-14(4-6-15)23-19(28)18-17-16(7-8-22-17)24-20(25-18)27-10-9-21-13-27/h7-10,13-15,22H,3-6,11-12H2,1-2H3,(H,23,28). The molecule has 1 fully saturated rings. The number of aromatic amines is 1. The Bertz CT molecular complexity index is 945. The second-order valence-electron chi connectivity index (χ2n) is 7.53. The molecule has 154 valence electrons. The summed E-state index contributed by atoms with van der Waals surface area (Å²) in [6, 6.07) is 2.54. The molecule has 0 bridgehead atoms. The van der Waals surface area contributed by atoms with E-state index < -0.39 is 0 Å². The van der Waals surface area contributed by atoms with Crippen molar-refractivity contribution in [3.05, 3.63) is 36.7 Å². The summed E-state index contributed by atoms with van der Waals surface area (Å²) in [6.45, 7) is 1.67. The molecule has 0 saturated heterocycles. The maximum Gasteiger partial charge on any atom is 0.272 e. The number of imidazole rings is 1. The van der Waals surface area contributed by atoms with Gasteiger partial charge in [-0.1, -0.05) is 0 Å². The highest BCUT2D eigenvalue weighted by Crippen LogP contribution is 2.23. The van der Waals surface area contributed by atoms with Crippen LogP contribution in [0.2, 0.25) is 0 Å². The van der Waals surface area contributed by atoms with Crippen LogP contribution in [0.1, 0.15) is 36.2 Å². The third-order valence-electron chi connectivity index (χ3n) is 5.65. The van der Waals surface area contributed by atoms with Crippen molar-refractivity contribution in [2.24, 2.45) is 0 Å². The predicted molar refractivity (Wildman–Crippen MR) is 109 cm³/mol. The fraction of sp³-hybridized carbons (Fsp3) is 0.500. The van der Waals surface area contributed by atoms with Crippen molar-refractivity contribution in [1.82, 2.24) is 34.7 Å². The van der Waals surface area contributed by atoms with Crippen LogP contribution in [0.3, 0.4) is 0 Å². The van der Waals surface area contributed by atoms with Gasteiger partial charge in [0, 0.05) is 44.3 Å². The second kappa shape index (κ2) is 8.71. The number of hydrogen-bond acceptors (Lipinski definition) is 6. The van der Waals surface area contributed by atoms with Gasteiger partial charge < -0.3 is 19.9 Å². The molecular formula is C20H27N7O2. The molecule has 0 atom stereocenters. The summed E-state index contributed by atoms with van der Waals surface area (Å²) in [6.07, 6.45) is 10.9. The van der Waals surface area contributed by atoms with E-state index in [2.05, 4.69) is 37.2 Å². The first-order chi connectivity index (χ1) is 14.2. The number of carbonyl (C=O) groups excluding carboxylic acids is 1. The number of ether oxygens (including phenoxy) is 1. The van der Waals surface area contributed by atoms with E-state index >= 15 is 0 Å². The molecule has 3 aromatic heterocycles. The zero-order valence-corrected chi connectivity index (χ0v) is 16.8. The Balaban J connectivity index is 1.44. The van der Waals surface area contributed by atoms with Gasteiger partial charge in [-0.05, 0) is 38.8 Å². The number of rotatable bonds is 7. The van der Waals surface area contributed by atoms with Crippen LogP contribution in [0.25, 0.3) is 17.0 Å². The summed E-state index contributed by atoms with van der Waals surface area (Å²) in [7, 11) is 3.87. The topological polar surface area (TPSA) is 101 Å². The number of fused-ring (bicyclic) bond motifs is 1. The molecule has 0 spiro atoms. The van der Waals surface area contributed by atoms with Crippen molar-refractivity contribution in [1.29, 1.82) is 0 Å². The molecule has 1 amide bonds. The van der Waals surface area contributed by atoms with Gasteiger partial charge in [-0.15, -0.1) is 0 Å². The van der Waals surface area contributed by atoms with Crippen molar-refractivity contribution >= 4 is 16.9 Å². The molecule has 1 aliphatic rings. The normalized spacial score (nSPS) is 19.7. The lowest BCUT2D eigenvalue weighted by Crippen LogP contribution is -2.43. The Morgan fingerprint density at radius 1 is 1.34 bits per heavy atom. The number of methoxy groups -OCH3 is 1. The van der Waals surface area contributed by atoms with Gasteiger partial charge in [-0.2, -0.15) is 0 Å². The summed E-state index contributed by atoms with van der Waals surface area (Å²) in [5.74, 6) is 0.264. The fourth-order valence-corrected chi connectivity index (χ4v) is 3.92. The van der Waals surface area contributed by atoms with E-state index in [4.69, 9.17) is 4.74 Å². The van der Waals surface area contributed by atoms with E-state index in [1.807, 2.05) is 6.07 Å². The van der Waals surface area contributed by atoms with E-state index in [0.29, 0.717) is 28.7 Å². The molecule has 1 saturated carbocycles. The second-order valence-corrected chi connectivity index (χ2v) is 7.53. The first kappa shape index (κ1) is 19.5. The molecular weight excluding hydrogens is 370 g/mol. The molecule has 3 aromatic rings. The van der Waals surface area contributed by atoms with Crippen LogP contribution in [0, 0.1) is 0 Å². The van der Waals surface area contributed by atoms with Gasteiger partial charge in [-0.3, -0.25) is 9.36 Å². The predicted octanol–water partition coefficient (Wildman–Crippen LogP) is 1.76. The van der Waals surface area contributed by atoms with Crippen LogP contribution in [0.15, 0.2) is 31.0 Å². The lowest BCUT2D eigenvalue weighted by Gasteiger charge is -2.34. The SMILES string of the molecule is COCCN(C)C1CCC(NC(=O)c2nc(-n3ccnc3)nc3cc[nH]c23)CC1. The smallest absolute Gasteiger partial charge is 0.272 e. The van der Waals surface area contributed by atoms with Gasteiger partial charge >= 0.3 is 0 Å². The first-order valence-corrected chi connectivity index (χ1v) is 9.99. The first-order valence-electron chi connectivity index (χ1n) is 9.99. The third kappa shape index (κ3) is 4.30. The van der Waals surface area contributed by atoms with Crippen LogP contribution < -0.4 is 5.32 Å². The summed E-state index contributed by atoms with van der Waals surface area (Å²) >= 11 is 0. The monoisotopic (exact) mass is 397 g/mol. The van der Waals surface area contributed by atoms with Gasteiger partial charge in [0.25, 0.3) is 5.91 Å². The summed E-state index contributed by atoms with van der Waals surface area (Å²) in [4.78, 5) is 31.5. The Hall–Kier alpha value is -2.78. The van der Waals surface area contributed by atoms with E-state index in [9.17, 15) is 4.79 Å². The zero-order valence-electron chi connectivity index (χ0n) is 16.8. The summed E-state index contributed by atoms with van der Waals surface area (Å²) in [5, 5.41) is 3.17. The van der Waals surface area contributed by atoms with Crippen LogP contribution in [0.4, 0.5) is 0 Å². The molecule has 29 heavy (non-hydrogen) atoms. The summed E-state index contributed by atoms with van der Waals surface area (Å²) < 4.78 is 6.87. The average Bonchev–Trinajstić information content (AvgIpc) is 3.43. The Morgan fingerprint density at radius 2 is 2.17 bits per heavy atom. The zero-order chi connectivity index (χ0) is 20.2. The van der Waals surface area contributed by atoms with Crippen molar-refractivity contribution < 1.29 is 9.53 Å². The minimum Gasteiger partial charge on any atom is -0.383 e. The molecule has 2 N–H and O–H groups in total. The fourth-order valence-electron chi connectivity index (χ4n) is 3.92. The molecule has 1 aliphatic carbocycles. The molecule has 4 rings (SSSR count). The molecule has 9 heteroatoms. The van der Waals surface area contributed by atoms with Gasteiger partial charge in [0.05, 0.1) is 17.6 Å². The molecule has 0 radical (unpaired) electrons. The highest BCUT2D eigenvalue weighted by molar-refractivity contribution is 6.03.